The van der Waals surface area contributed by atoms with Gasteiger partial charge in [0, 0.05) is 88.1 Å². The Balaban J connectivity index is 0.690. The number of carbonyl (C=O) groups is 12. The number of hydrogen-bond donors (Lipinski definition) is 19. The summed E-state index contributed by atoms with van der Waals surface area (Å²) in [6, 6.07) is 9.23. The molecule has 2 saturated carbocycles. The Bertz CT molecular complexity index is 3410. The largest absolute Gasteiger partial charge is 0.368 e. The second-order valence-corrected chi connectivity index (χ2v) is 31.9. The van der Waals surface area contributed by atoms with Crippen LogP contribution < -0.4 is 102 Å². The number of carbonyl (C=O) groups excluding carboxylic acids is 12. The van der Waals surface area contributed by atoms with E-state index in [0.29, 0.717) is 97.1 Å². The molecular formula is C76H117N19O12. The number of rotatable bonds is 35. The first-order valence-electron chi connectivity index (χ1n) is 39.2. The van der Waals surface area contributed by atoms with Gasteiger partial charge in [-0.05, 0) is 126 Å². The maximum absolute atomic E-state index is 14.5. The molecule has 588 valence electrons. The Morgan fingerprint density at radius 1 is 0.364 bits per heavy atom. The maximum Gasteiger partial charge on any atom is 0.239 e. The zero-order chi connectivity index (χ0) is 76.3. The van der Waals surface area contributed by atoms with E-state index in [0.717, 1.165) is 36.8 Å². The molecule has 12 amide bonds. The Labute approximate surface area is 627 Å². The number of nitrogens with two attached hydrogens (primary N) is 2. The zero-order valence-corrected chi connectivity index (χ0v) is 62.4. The molecule has 31 heteroatoms. The minimum absolute atomic E-state index is 0.00139. The Morgan fingerprint density at radius 2 is 0.720 bits per heavy atom. The smallest absolute Gasteiger partial charge is 0.239 e. The van der Waals surface area contributed by atoms with E-state index in [2.05, 4.69) is 90.4 Å². The average Bonchev–Trinajstić information content (AvgIpc) is 1.73. The van der Waals surface area contributed by atoms with E-state index >= 15 is 0 Å². The molecule has 107 heavy (non-hydrogen) atoms. The molecule has 2 aromatic rings. The first-order valence-corrected chi connectivity index (χ1v) is 39.2. The van der Waals surface area contributed by atoms with Gasteiger partial charge in [0.1, 0.15) is 24.2 Å². The molecule has 8 fully saturated rings. The Kier molecular flexibility index (Phi) is 29.8. The average molecular weight is 1490 g/mol. The summed E-state index contributed by atoms with van der Waals surface area (Å²) in [7, 11) is 0. The van der Waals surface area contributed by atoms with Gasteiger partial charge in [-0.2, -0.15) is 0 Å². The molecule has 0 bridgehead atoms. The molecule has 31 nitrogen and oxygen atoms in total. The van der Waals surface area contributed by atoms with Crippen LogP contribution in [-0.2, 0) is 70.4 Å². The van der Waals surface area contributed by atoms with Gasteiger partial charge in [0.25, 0.3) is 0 Å². The van der Waals surface area contributed by atoms with Gasteiger partial charge in [0.15, 0.2) is 0 Å². The fourth-order valence-electron chi connectivity index (χ4n) is 17.2. The third-order valence-electron chi connectivity index (χ3n) is 22.5. The first-order chi connectivity index (χ1) is 51.4. The summed E-state index contributed by atoms with van der Waals surface area (Å²) >= 11 is 0. The fraction of sp³-hybridized carbons (Fsp3) is 0.684. The van der Waals surface area contributed by atoms with Crippen molar-refractivity contribution >= 4 is 70.9 Å². The van der Waals surface area contributed by atoms with Gasteiger partial charge >= 0.3 is 0 Å². The zero-order valence-electron chi connectivity index (χ0n) is 62.4. The first kappa shape index (κ1) is 81.3. The van der Waals surface area contributed by atoms with E-state index in [1.54, 1.807) is 0 Å². The summed E-state index contributed by atoms with van der Waals surface area (Å²) in [4.78, 5) is 166. The maximum atomic E-state index is 14.5. The number of nitrogens with one attached hydrogen (secondary N) is 17. The number of hydrogen-bond acceptors (Lipinski definition) is 19. The highest BCUT2D eigenvalue weighted by molar-refractivity contribution is 5.91. The third-order valence-corrected chi connectivity index (χ3v) is 22.5. The summed E-state index contributed by atoms with van der Waals surface area (Å²) in [6.45, 7) is 11.0. The second kappa shape index (κ2) is 39.3. The molecule has 0 radical (unpaired) electrons. The lowest BCUT2D eigenvalue weighted by molar-refractivity contribution is -0.131. The molecule has 10 rings (SSSR count). The van der Waals surface area contributed by atoms with Crippen LogP contribution in [0.1, 0.15) is 142 Å². The molecule has 6 aliphatic heterocycles. The lowest BCUT2D eigenvalue weighted by Gasteiger charge is -2.28. The van der Waals surface area contributed by atoms with Crippen molar-refractivity contribution in [3.8, 4) is 0 Å². The predicted octanol–water partition coefficient (Wildman–Crippen LogP) is -3.24. The standard InChI is InChI=1S/C76H117N19O12/c1-41(2)29-45(85-71(102)50-18-12-20-54(50)93-70(101)49-17-11-19-53(49)77)34-63(98)91-59-39-79-37-51(59)72(103)86-46(30-42(3)4)33-61(96)89-57-23-27-83-67(57)76(107)95-58-24-28-84-68(58)74(105)88-48(32-44-15-9-6-10-16-44)36-64(99)92-60-40-80-38-52(60)73(104)87-47(31-43-13-7-5-8-14-43)35-62(97)90-56-22-26-82-66(56)75(106)94-55-21-25-81-65(55)69(78)100/h5-10,13-16,41-42,45-60,65-68,79-84H,11-12,17-40,77H2,1-4H3,(H2,78,100)(H,85,102)(H,86,103)(H,87,104)(H,88,105)(H,89,96)(H,90,97)(H,91,98)(H,92,99)(H,93,101)(H,94,106)(H,95,107)/t45-,46-,47-,48-,49-,50-,51-,52-,53-,54-,55+,56+,57-,58+,59-,60-,65+,66+,67-,68+/m1/s1. The second-order valence-electron chi connectivity index (χ2n) is 31.9. The Morgan fingerprint density at radius 3 is 1.15 bits per heavy atom. The lowest BCUT2D eigenvalue weighted by Crippen LogP contribution is -2.59. The molecule has 0 unspecified atom stereocenters. The van der Waals surface area contributed by atoms with Crippen molar-refractivity contribution in [3.05, 3.63) is 71.8 Å². The van der Waals surface area contributed by atoms with Gasteiger partial charge < -0.3 is 102 Å². The van der Waals surface area contributed by atoms with E-state index in [9.17, 15) is 57.5 Å². The monoisotopic (exact) mass is 1490 g/mol. The Hall–Kier alpha value is -8.20. The van der Waals surface area contributed by atoms with Crippen LogP contribution in [0.25, 0.3) is 0 Å². The van der Waals surface area contributed by atoms with Crippen molar-refractivity contribution in [1.29, 1.82) is 0 Å². The fourth-order valence-corrected chi connectivity index (χ4v) is 17.2. The molecule has 8 aliphatic rings. The minimum Gasteiger partial charge on any atom is -0.368 e. The molecule has 2 aliphatic carbocycles. The number of primary amides is 1. The van der Waals surface area contributed by atoms with E-state index in [1.807, 2.05) is 88.4 Å². The summed E-state index contributed by atoms with van der Waals surface area (Å²) in [6.07, 6.45) is 7.72. The molecule has 6 saturated heterocycles. The minimum atomic E-state index is -0.877. The summed E-state index contributed by atoms with van der Waals surface area (Å²) in [5, 5.41) is 52.9. The summed E-state index contributed by atoms with van der Waals surface area (Å²) in [5.74, 6) is -5.98. The molecule has 21 N–H and O–H groups in total. The highest BCUT2D eigenvalue weighted by atomic mass is 16.2. The summed E-state index contributed by atoms with van der Waals surface area (Å²) in [5.41, 5.74) is 13.5. The molecular weight excluding hydrogens is 1370 g/mol. The van der Waals surface area contributed by atoms with Gasteiger partial charge in [-0.1, -0.05) is 101 Å². The van der Waals surface area contributed by atoms with E-state index in [-0.39, 0.29) is 122 Å². The predicted molar refractivity (Wildman–Crippen MR) is 399 cm³/mol. The van der Waals surface area contributed by atoms with Crippen LogP contribution in [-0.4, -0.2) is 220 Å². The molecule has 0 spiro atoms. The van der Waals surface area contributed by atoms with Gasteiger partial charge in [-0.25, -0.2) is 0 Å². The van der Waals surface area contributed by atoms with Crippen LogP contribution in [0.5, 0.6) is 0 Å². The van der Waals surface area contributed by atoms with Crippen LogP contribution in [0.4, 0.5) is 0 Å². The highest BCUT2D eigenvalue weighted by Crippen LogP contribution is 2.30. The van der Waals surface area contributed by atoms with Gasteiger partial charge in [-0.3, -0.25) is 57.5 Å². The van der Waals surface area contributed by atoms with Crippen molar-refractivity contribution in [2.24, 2.45) is 47.0 Å². The number of benzene rings is 2. The van der Waals surface area contributed by atoms with E-state index in [1.165, 1.54) is 0 Å². The van der Waals surface area contributed by atoms with Gasteiger partial charge in [0.2, 0.25) is 70.9 Å². The normalized spacial score (nSPS) is 29.3. The van der Waals surface area contributed by atoms with Crippen molar-refractivity contribution < 1.29 is 57.5 Å². The van der Waals surface area contributed by atoms with Crippen LogP contribution >= 0.6 is 0 Å². The molecule has 6 heterocycles. The van der Waals surface area contributed by atoms with Crippen LogP contribution in [0.15, 0.2) is 60.7 Å². The van der Waals surface area contributed by atoms with Gasteiger partial charge in [0.05, 0.1) is 59.9 Å². The quantitative estimate of drug-likeness (QED) is 0.0322. The van der Waals surface area contributed by atoms with Crippen LogP contribution in [0.2, 0.25) is 0 Å². The van der Waals surface area contributed by atoms with Crippen LogP contribution in [0.3, 0.4) is 0 Å². The lowest BCUT2D eigenvalue weighted by atomic mass is 9.96. The van der Waals surface area contributed by atoms with Crippen molar-refractivity contribution in [3.63, 3.8) is 0 Å². The van der Waals surface area contributed by atoms with Crippen molar-refractivity contribution in [1.82, 2.24) is 90.4 Å². The van der Waals surface area contributed by atoms with Crippen LogP contribution in [0, 0.1) is 35.5 Å². The summed E-state index contributed by atoms with van der Waals surface area (Å²) < 4.78 is 0. The van der Waals surface area contributed by atoms with E-state index in [4.69, 9.17) is 11.5 Å². The van der Waals surface area contributed by atoms with E-state index < -0.39 is 126 Å². The number of amides is 12. The molecule has 20 atom stereocenters. The topological polar surface area (TPSA) is 461 Å². The molecule has 0 aromatic heterocycles. The van der Waals surface area contributed by atoms with Gasteiger partial charge in [-0.15, -0.1) is 0 Å². The molecule has 2 aromatic carbocycles. The van der Waals surface area contributed by atoms with Crippen molar-refractivity contribution in [2.45, 2.75) is 240 Å². The highest BCUT2D eigenvalue weighted by Gasteiger charge is 2.45. The SMILES string of the molecule is CC(C)C[C@H](CC(=O)N[C@@H]1CCN[C@H]1C(=O)N[C@H]1CCN[C@@H]1C(=O)N[C@@H](CC(=O)N[C@@H]1CNC[C@H]1C(=O)N[C@@H](CC(=O)N[C@H]1CCN[C@@H]1C(=O)N[C@H]1CCN[C@@H]1C(N)=O)Cc1ccccc1)Cc1ccccc1)NC(=O)[C@@H]1CNC[C@H]1NC(=O)C[C@@H](CC(C)C)NC(=O)[C@@H]1CCC[C@H]1NC(=O)[C@@H]1CCC[C@H]1N. The van der Waals surface area contributed by atoms with Crippen molar-refractivity contribution in [2.75, 3.05) is 52.4 Å². The third kappa shape index (κ3) is 23.4.